The van der Waals surface area contributed by atoms with Crippen molar-refractivity contribution in [3.63, 3.8) is 0 Å². The summed E-state index contributed by atoms with van der Waals surface area (Å²) in [6.45, 7) is 6.84. The van der Waals surface area contributed by atoms with E-state index in [0.29, 0.717) is 35.9 Å². The zero-order valence-electron chi connectivity index (χ0n) is 14.7. The van der Waals surface area contributed by atoms with Crippen molar-refractivity contribution >= 4 is 17.5 Å². The molecule has 0 unspecified atom stereocenters. The number of rotatable bonds is 7. The smallest absolute Gasteiger partial charge is 0.261 e. The Morgan fingerprint density at radius 2 is 1.80 bits per heavy atom. The van der Waals surface area contributed by atoms with Crippen molar-refractivity contribution in [2.75, 3.05) is 18.5 Å². The van der Waals surface area contributed by atoms with Gasteiger partial charge in [-0.2, -0.15) is 0 Å². The van der Waals surface area contributed by atoms with Crippen molar-refractivity contribution in [1.29, 1.82) is 0 Å². The molecule has 0 atom stereocenters. The van der Waals surface area contributed by atoms with E-state index in [4.69, 9.17) is 4.74 Å². The second-order valence-corrected chi connectivity index (χ2v) is 5.89. The maximum absolute atomic E-state index is 12.6. The van der Waals surface area contributed by atoms with Gasteiger partial charge in [-0.25, -0.2) is 4.98 Å². The summed E-state index contributed by atoms with van der Waals surface area (Å²) in [6.07, 6.45) is 1.56. The van der Waals surface area contributed by atoms with Crippen LogP contribution < -0.4 is 15.4 Å². The van der Waals surface area contributed by atoms with Crippen LogP contribution in [-0.2, 0) is 0 Å². The number of aromatic nitrogens is 1. The Labute approximate surface area is 147 Å². The molecule has 0 fully saturated rings. The molecule has 2 aromatic rings. The van der Waals surface area contributed by atoms with Crippen LogP contribution in [0.5, 0.6) is 5.88 Å². The number of hydrogen-bond donors (Lipinski definition) is 2. The highest BCUT2D eigenvalue weighted by atomic mass is 16.5. The minimum absolute atomic E-state index is 0.221. The van der Waals surface area contributed by atoms with E-state index in [1.54, 1.807) is 42.6 Å². The highest BCUT2D eigenvalue weighted by Crippen LogP contribution is 2.20. The number of carbonyl (C=O) groups is 2. The molecule has 132 valence electrons. The molecule has 0 saturated heterocycles. The van der Waals surface area contributed by atoms with Gasteiger partial charge in [0.2, 0.25) is 5.88 Å². The largest absolute Gasteiger partial charge is 0.477 e. The number of hydrogen-bond acceptors (Lipinski definition) is 4. The summed E-state index contributed by atoms with van der Waals surface area (Å²) in [7, 11) is 0. The van der Waals surface area contributed by atoms with Gasteiger partial charge in [0.15, 0.2) is 0 Å². The first-order chi connectivity index (χ1) is 12.0. The first-order valence-corrected chi connectivity index (χ1v) is 8.29. The van der Waals surface area contributed by atoms with Crippen LogP contribution in [0, 0.1) is 5.92 Å². The molecule has 1 aromatic heterocycles. The monoisotopic (exact) mass is 341 g/mol. The SMILES string of the molecule is CCOc1ncccc1C(=O)Nc1ccccc1C(=O)NCC(C)C. The lowest BCUT2D eigenvalue weighted by Gasteiger charge is -2.13. The van der Waals surface area contributed by atoms with Crippen LogP contribution in [0.3, 0.4) is 0 Å². The van der Waals surface area contributed by atoms with E-state index in [0.717, 1.165) is 0 Å². The zero-order chi connectivity index (χ0) is 18.2. The molecule has 0 saturated carbocycles. The van der Waals surface area contributed by atoms with E-state index in [-0.39, 0.29) is 17.7 Å². The summed E-state index contributed by atoms with van der Waals surface area (Å²) in [5.74, 6) is 0.0144. The maximum Gasteiger partial charge on any atom is 0.261 e. The van der Waals surface area contributed by atoms with Crippen LogP contribution in [0.1, 0.15) is 41.5 Å². The third-order valence-corrected chi connectivity index (χ3v) is 3.39. The highest BCUT2D eigenvalue weighted by Gasteiger charge is 2.17. The van der Waals surface area contributed by atoms with Crippen molar-refractivity contribution < 1.29 is 14.3 Å². The molecule has 6 heteroatoms. The number of benzene rings is 1. The van der Waals surface area contributed by atoms with E-state index in [2.05, 4.69) is 15.6 Å². The Morgan fingerprint density at radius 3 is 2.52 bits per heavy atom. The number of ether oxygens (including phenoxy) is 1. The summed E-state index contributed by atoms with van der Waals surface area (Å²) in [4.78, 5) is 29.0. The highest BCUT2D eigenvalue weighted by molar-refractivity contribution is 6.09. The van der Waals surface area contributed by atoms with E-state index >= 15 is 0 Å². The van der Waals surface area contributed by atoms with Crippen LogP contribution in [-0.4, -0.2) is 29.9 Å². The van der Waals surface area contributed by atoms with Crippen LogP contribution in [0.2, 0.25) is 0 Å². The molecule has 2 rings (SSSR count). The van der Waals surface area contributed by atoms with E-state index in [1.807, 2.05) is 20.8 Å². The molecule has 2 N–H and O–H groups in total. The van der Waals surface area contributed by atoms with Gasteiger partial charge in [0.05, 0.1) is 17.9 Å². The van der Waals surface area contributed by atoms with Gasteiger partial charge in [-0.05, 0) is 37.1 Å². The summed E-state index contributed by atoms with van der Waals surface area (Å²) in [6, 6.07) is 10.2. The first-order valence-electron chi connectivity index (χ1n) is 8.29. The number of amides is 2. The summed E-state index contributed by atoms with van der Waals surface area (Å²) in [5.41, 5.74) is 1.18. The fourth-order valence-electron chi connectivity index (χ4n) is 2.19. The number of para-hydroxylation sites is 1. The fourth-order valence-corrected chi connectivity index (χ4v) is 2.19. The van der Waals surface area contributed by atoms with Crippen molar-refractivity contribution in [2.45, 2.75) is 20.8 Å². The molecule has 0 bridgehead atoms. The second-order valence-electron chi connectivity index (χ2n) is 5.89. The molecule has 0 aliphatic heterocycles. The van der Waals surface area contributed by atoms with Gasteiger partial charge < -0.3 is 15.4 Å². The van der Waals surface area contributed by atoms with Crippen molar-refractivity contribution in [3.05, 3.63) is 53.7 Å². The average molecular weight is 341 g/mol. The topological polar surface area (TPSA) is 80.3 Å². The minimum atomic E-state index is -0.374. The molecular weight excluding hydrogens is 318 g/mol. The number of carbonyl (C=O) groups excluding carboxylic acids is 2. The van der Waals surface area contributed by atoms with Gasteiger partial charge in [0.25, 0.3) is 11.8 Å². The fraction of sp³-hybridized carbons (Fsp3) is 0.316. The van der Waals surface area contributed by atoms with E-state index < -0.39 is 0 Å². The third-order valence-electron chi connectivity index (χ3n) is 3.39. The lowest BCUT2D eigenvalue weighted by Crippen LogP contribution is -2.28. The second kappa shape index (κ2) is 8.82. The Bertz CT molecular complexity index is 744. The maximum atomic E-state index is 12.6. The predicted octanol–water partition coefficient (Wildman–Crippen LogP) is 3.12. The first kappa shape index (κ1) is 18.4. The molecule has 1 aromatic carbocycles. The van der Waals surface area contributed by atoms with Gasteiger partial charge in [-0.15, -0.1) is 0 Å². The Balaban J connectivity index is 2.20. The lowest BCUT2D eigenvalue weighted by atomic mass is 10.1. The van der Waals surface area contributed by atoms with Gasteiger partial charge in [-0.1, -0.05) is 26.0 Å². The number of pyridine rings is 1. The Hall–Kier alpha value is -2.89. The standard InChI is InChI=1S/C19H23N3O3/c1-4-25-19-15(9-7-11-20-19)18(24)22-16-10-6-5-8-14(16)17(23)21-12-13(2)3/h5-11,13H,4,12H2,1-3H3,(H,21,23)(H,22,24). The number of nitrogens with one attached hydrogen (secondary N) is 2. The lowest BCUT2D eigenvalue weighted by molar-refractivity contribution is 0.0950. The normalized spacial score (nSPS) is 10.4. The molecule has 0 radical (unpaired) electrons. The molecule has 1 heterocycles. The molecule has 0 aliphatic carbocycles. The number of nitrogens with zero attached hydrogens (tertiary/aromatic N) is 1. The molecular formula is C19H23N3O3. The summed E-state index contributed by atoms with van der Waals surface area (Å²) in [5, 5.41) is 5.63. The van der Waals surface area contributed by atoms with E-state index in [1.165, 1.54) is 0 Å². The minimum Gasteiger partial charge on any atom is -0.477 e. The average Bonchev–Trinajstić information content (AvgIpc) is 2.61. The van der Waals surface area contributed by atoms with Crippen LogP contribution in [0.4, 0.5) is 5.69 Å². The van der Waals surface area contributed by atoms with Gasteiger partial charge >= 0.3 is 0 Å². The molecule has 0 spiro atoms. The van der Waals surface area contributed by atoms with E-state index in [9.17, 15) is 9.59 Å². The molecule has 2 amide bonds. The van der Waals surface area contributed by atoms with Crippen LogP contribution in [0.15, 0.2) is 42.6 Å². The van der Waals surface area contributed by atoms with Crippen LogP contribution in [0.25, 0.3) is 0 Å². The third kappa shape index (κ3) is 5.04. The van der Waals surface area contributed by atoms with Crippen LogP contribution >= 0.6 is 0 Å². The summed E-state index contributed by atoms with van der Waals surface area (Å²) >= 11 is 0. The van der Waals surface area contributed by atoms with Gasteiger partial charge in [0.1, 0.15) is 5.56 Å². The Kier molecular flexibility index (Phi) is 6.51. The quantitative estimate of drug-likeness (QED) is 0.811. The molecule has 0 aliphatic rings. The van der Waals surface area contributed by atoms with Gasteiger partial charge in [-0.3, -0.25) is 9.59 Å². The Morgan fingerprint density at radius 1 is 1.08 bits per heavy atom. The zero-order valence-corrected chi connectivity index (χ0v) is 14.7. The summed E-state index contributed by atoms with van der Waals surface area (Å²) < 4.78 is 5.39. The van der Waals surface area contributed by atoms with Crippen molar-refractivity contribution in [2.24, 2.45) is 5.92 Å². The van der Waals surface area contributed by atoms with Crippen molar-refractivity contribution in [3.8, 4) is 5.88 Å². The molecule has 6 nitrogen and oxygen atoms in total. The van der Waals surface area contributed by atoms with Gasteiger partial charge in [0, 0.05) is 12.7 Å². The molecule has 25 heavy (non-hydrogen) atoms. The number of anilines is 1. The predicted molar refractivity (Wildman–Crippen MR) is 97.0 cm³/mol. The van der Waals surface area contributed by atoms with Crippen molar-refractivity contribution in [1.82, 2.24) is 10.3 Å².